The molecule has 0 aliphatic heterocycles. The molecule has 1 atom stereocenters. The van der Waals surface area contributed by atoms with E-state index in [1.165, 1.54) is 12.0 Å². The molecule has 1 aromatic rings. The van der Waals surface area contributed by atoms with Crippen molar-refractivity contribution in [1.82, 2.24) is 4.90 Å². The van der Waals surface area contributed by atoms with Crippen LogP contribution < -0.4 is 5.32 Å². The Bertz CT molecular complexity index is 440. The van der Waals surface area contributed by atoms with Crippen molar-refractivity contribution in [3.05, 3.63) is 28.8 Å². The van der Waals surface area contributed by atoms with Gasteiger partial charge in [0.1, 0.15) is 0 Å². The molecule has 0 aromatic heterocycles. The number of amides is 2. The number of benzene rings is 1. The lowest BCUT2D eigenvalue weighted by Gasteiger charge is -2.21. The first kappa shape index (κ1) is 15.8. The van der Waals surface area contributed by atoms with Gasteiger partial charge in [-0.2, -0.15) is 0 Å². The van der Waals surface area contributed by atoms with Crippen LogP contribution in [-0.4, -0.2) is 49.5 Å². The van der Waals surface area contributed by atoms with E-state index in [-0.39, 0.29) is 19.2 Å². The fourth-order valence-electron chi connectivity index (χ4n) is 1.60. The van der Waals surface area contributed by atoms with Crippen molar-refractivity contribution in [1.29, 1.82) is 0 Å². The summed E-state index contributed by atoms with van der Waals surface area (Å²) in [4.78, 5) is 13.3. The number of anilines is 1. The van der Waals surface area contributed by atoms with E-state index in [4.69, 9.17) is 16.3 Å². The van der Waals surface area contributed by atoms with Crippen LogP contribution in [0.15, 0.2) is 18.2 Å². The maximum absolute atomic E-state index is 11.9. The molecule has 1 aromatic carbocycles. The second-order valence-corrected chi connectivity index (χ2v) is 4.73. The van der Waals surface area contributed by atoms with Gasteiger partial charge in [-0.1, -0.05) is 23.7 Å². The Labute approximate surface area is 118 Å². The summed E-state index contributed by atoms with van der Waals surface area (Å²) in [6.45, 7) is 2.23. The van der Waals surface area contributed by atoms with E-state index in [0.717, 1.165) is 5.56 Å². The molecule has 106 valence electrons. The van der Waals surface area contributed by atoms with Crippen LogP contribution in [0, 0.1) is 6.92 Å². The Morgan fingerprint density at radius 1 is 1.58 bits per heavy atom. The number of nitrogens with one attached hydrogen (secondary N) is 1. The predicted molar refractivity (Wildman–Crippen MR) is 75.7 cm³/mol. The number of hydrogen-bond donors (Lipinski definition) is 2. The number of hydrogen-bond acceptors (Lipinski definition) is 3. The van der Waals surface area contributed by atoms with Crippen molar-refractivity contribution in [3.8, 4) is 0 Å². The molecular formula is C13H19ClN2O3. The van der Waals surface area contributed by atoms with E-state index in [9.17, 15) is 9.90 Å². The first-order valence-corrected chi connectivity index (χ1v) is 6.27. The molecule has 0 spiro atoms. The highest BCUT2D eigenvalue weighted by Gasteiger charge is 2.15. The normalized spacial score (nSPS) is 12.1. The highest BCUT2D eigenvalue weighted by molar-refractivity contribution is 6.34. The van der Waals surface area contributed by atoms with Gasteiger partial charge in [-0.05, 0) is 18.6 Å². The molecule has 0 bridgehead atoms. The van der Waals surface area contributed by atoms with Crippen molar-refractivity contribution in [2.45, 2.75) is 13.0 Å². The summed E-state index contributed by atoms with van der Waals surface area (Å²) in [6.07, 6.45) is -0.714. The minimum absolute atomic E-state index is 0.183. The zero-order valence-corrected chi connectivity index (χ0v) is 12.1. The lowest BCUT2D eigenvalue weighted by atomic mass is 10.2. The van der Waals surface area contributed by atoms with E-state index in [1.54, 1.807) is 13.1 Å². The molecule has 0 saturated carbocycles. The van der Waals surface area contributed by atoms with Crippen LogP contribution in [0.25, 0.3) is 0 Å². The molecule has 5 nitrogen and oxygen atoms in total. The van der Waals surface area contributed by atoms with E-state index in [0.29, 0.717) is 10.7 Å². The SMILES string of the molecule is COCC(O)CN(C)C(=O)Nc1cccc(C)c1Cl. The Morgan fingerprint density at radius 2 is 2.26 bits per heavy atom. The number of nitrogens with zero attached hydrogens (tertiary/aromatic N) is 1. The number of aryl methyl sites for hydroxylation is 1. The van der Waals surface area contributed by atoms with Gasteiger partial charge in [0.05, 0.1) is 30.0 Å². The van der Waals surface area contributed by atoms with Crippen LogP contribution in [0.2, 0.25) is 5.02 Å². The second-order valence-electron chi connectivity index (χ2n) is 4.36. The van der Waals surface area contributed by atoms with E-state index < -0.39 is 6.10 Å². The molecule has 0 radical (unpaired) electrons. The lowest BCUT2D eigenvalue weighted by molar-refractivity contribution is 0.0501. The molecule has 0 aliphatic rings. The summed E-state index contributed by atoms with van der Waals surface area (Å²) < 4.78 is 4.81. The van der Waals surface area contributed by atoms with E-state index >= 15 is 0 Å². The monoisotopic (exact) mass is 286 g/mol. The number of rotatable bonds is 5. The number of likely N-dealkylation sites (N-methyl/N-ethyl adjacent to an activating group) is 1. The van der Waals surface area contributed by atoms with Gasteiger partial charge >= 0.3 is 6.03 Å². The van der Waals surface area contributed by atoms with Gasteiger partial charge in [0.25, 0.3) is 0 Å². The fourth-order valence-corrected chi connectivity index (χ4v) is 1.77. The van der Waals surface area contributed by atoms with Crippen molar-refractivity contribution in [3.63, 3.8) is 0 Å². The maximum Gasteiger partial charge on any atom is 0.321 e. The third-order valence-corrected chi connectivity index (χ3v) is 3.13. The van der Waals surface area contributed by atoms with Crippen molar-refractivity contribution < 1.29 is 14.6 Å². The van der Waals surface area contributed by atoms with Crippen LogP contribution in [0.3, 0.4) is 0 Å². The third-order valence-electron chi connectivity index (χ3n) is 2.62. The lowest BCUT2D eigenvalue weighted by Crippen LogP contribution is -2.38. The van der Waals surface area contributed by atoms with Crippen LogP contribution in [-0.2, 0) is 4.74 Å². The van der Waals surface area contributed by atoms with Gasteiger partial charge in [-0.15, -0.1) is 0 Å². The standard InChI is InChI=1S/C13H19ClN2O3/c1-9-5-4-6-11(12(9)14)15-13(18)16(2)7-10(17)8-19-3/h4-6,10,17H,7-8H2,1-3H3,(H,15,18). The van der Waals surface area contributed by atoms with Crippen LogP contribution in [0.5, 0.6) is 0 Å². The Kier molecular flexibility index (Phi) is 6.08. The number of halogens is 1. The highest BCUT2D eigenvalue weighted by atomic mass is 35.5. The van der Waals surface area contributed by atoms with E-state index in [1.807, 2.05) is 19.1 Å². The summed E-state index contributed by atoms with van der Waals surface area (Å²) in [5.41, 5.74) is 1.45. The first-order chi connectivity index (χ1) is 8.95. The fraction of sp³-hybridized carbons (Fsp3) is 0.462. The van der Waals surface area contributed by atoms with Gasteiger partial charge < -0.3 is 20.1 Å². The molecule has 0 fully saturated rings. The molecule has 19 heavy (non-hydrogen) atoms. The average Bonchev–Trinajstić information content (AvgIpc) is 2.35. The van der Waals surface area contributed by atoms with Gasteiger partial charge in [0, 0.05) is 14.2 Å². The smallest absolute Gasteiger partial charge is 0.321 e. The number of aliphatic hydroxyl groups excluding tert-OH is 1. The van der Waals surface area contributed by atoms with Gasteiger partial charge in [0.2, 0.25) is 0 Å². The number of aliphatic hydroxyl groups is 1. The number of carbonyl (C=O) groups excluding carboxylic acids is 1. The molecule has 0 aliphatic carbocycles. The van der Waals surface area contributed by atoms with E-state index in [2.05, 4.69) is 5.32 Å². The molecule has 0 heterocycles. The Morgan fingerprint density at radius 3 is 2.89 bits per heavy atom. The molecule has 1 unspecified atom stereocenters. The summed E-state index contributed by atoms with van der Waals surface area (Å²) in [5, 5.41) is 12.8. The Balaban J connectivity index is 2.61. The Hall–Kier alpha value is -1.30. The molecular weight excluding hydrogens is 268 g/mol. The summed E-state index contributed by atoms with van der Waals surface area (Å²) in [7, 11) is 3.09. The highest BCUT2D eigenvalue weighted by Crippen LogP contribution is 2.25. The number of carbonyl (C=O) groups is 1. The molecule has 2 N–H and O–H groups in total. The maximum atomic E-state index is 11.9. The van der Waals surface area contributed by atoms with Gasteiger partial charge in [-0.25, -0.2) is 4.79 Å². The quantitative estimate of drug-likeness (QED) is 0.871. The zero-order valence-electron chi connectivity index (χ0n) is 11.3. The summed E-state index contributed by atoms with van der Waals surface area (Å²) in [5.74, 6) is 0. The molecule has 1 rings (SSSR count). The third kappa shape index (κ3) is 4.70. The molecule has 0 saturated heterocycles. The molecule has 6 heteroatoms. The van der Waals surface area contributed by atoms with Gasteiger partial charge in [0.15, 0.2) is 0 Å². The van der Waals surface area contributed by atoms with Crippen molar-refractivity contribution in [2.24, 2.45) is 0 Å². The molecule has 2 amide bonds. The first-order valence-electron chi connectivity index (χ1n) is 5.90. The largest absolute Gasteiger partial charge is 0.389 e. The number of ether oxygens (including phenoxy) is 1. The second kappa shape index (κ2) is 7.33. The van der Waals surface area contributed by atoms with Crippen LogP contribution in [0.1, 0.15) is 5.56 Å². The minimum Gasteiger partial charge on any atom is -0.389 e. The van der Waals surface area contributed by atoms with Crippen LogP contribution >= 0.6 is 11.6 Å². The van der Waals surface area contributed by atoms with Crippen molar-refractivity contribution >= 4 is 23.3 Å². The number of methoxy groups -OCH3 is 1. The topological polar surface area (TPSA) is 61.8 Å². The minimum atomic E-state index is -0.714. The van der Waals surface area contributed by atoms with Gasteiger partial charge in [-0.3, -0.25) is 0 Å². The summed E-state index contributed by atoms with van der Waals surface area (Å²) >= 11 is 6.09. The van der Waals surface area contributed by atoms with Crippen molar-refractivity contribution in [2.75, 3.05) is 32.6 Å². The van der Waals surface area contributed by atoms with Crippen LogP contribution in [0.4, 0.5) is 10.5 Å². The predicted octanol–water partition coefficient (Wildman–Crippen LogP) is 2.12. The zero-order chi connectivity index (χ0) is 14.4. The number of urea groups is 1. The average molecular weight is 287 g/mol. The summed E-state index contributed by atoms with van der Waals surface area (Å²) in [6, 6.07) is 5.08.